The highest BCUT2D eigenvalue weighted by molar-refractivity contribution is 6.30. The number of hydrogen-bond acceptors (Lipinski definition) is 3. The Morgan fingerprint density at radius 2 is 1.76 bits per heavy atom. The molecule has 0 fully saturated rings. The number of carbonyl (C=O) groups excluding carboxylic acids is 1. The van der Waals surface area contributed by atoms with E-state index in [2.05, 4.69) is 23.8 Å². The van der Waals surface area contributed by atoms with Gasteiger partial charge in [-0.1, -0.05) is 11.6 Å². The van der Waals surface area contributed by atoms with Gasteiger partial charge in [0.1, 0.15) is 5.75 Å². The number of benzene rings is 3. The van der Waals surface area contributed by atoms with Crippen LogP contribution < -0.4 is 4.74 Å². The Morgan fingerprint density at radius 3 is 2.55 bits per heavy atom. The third-order valence-electron chi connectivity index (χ3n) is 5.44. The number of fused-ring (bicyclic) bond motifs is 4. The average Bonchev–Trinajstić information content (AvgIpc) is 3.12. The van der Waals surface area contributed by atoms with Crippen LogP contribution in [0.4, 0.5) is 0 Å². The highest BCUT2D eigenvalue weighted by atomic mass is 35.5. The number of aromatic amines is 1. The van der Waals surface area contributed by atoms with Gasteiger partial charge in [-0.3, -0.25) is 4.98 Å². The second kappa shape index (κ2) is 6.61. The lowest BCUT2D eigenvalue weighted by Gasteiger charge is -2.08. The van der Waals surface area contributed by atoms with Crippen molar-refractivity contribution in [2.45, 2.75) is 13.8 Å². The second-order valence-corrected chi connectivity index (χ2v) is 7.59. The molecule has 2 aromatic heterocycles. The van der Waals surface area contributed by atoms with Gasteiger partial charge in [0, 0.05) is 39.1 Å². The molecule has 0 radical (unpaired) electrons. The van der Waals surface area contributed by atoms with Gasteiger partial charge in [0.2, 0.25) is 0 Å². The number of carbonyl (C=O) groups is 1. The number of nitrogens with one attached hydrogen (secondary N) is 1. The van der Waals surface area contributed by atoms with Gasteiger partial charge in [0.05, 0.1) is 11.1 Å². The highest BCUT2D eigenvalue weighted by Gasteiger charge is 2.15. The Kier molecular flexibility index (Phi) is 4.03. The van der Waals surface area contributed by atoms with Gasteiger partial charge in [-0.05, 0) is 78.9 Å². The van der Waals surface area contributed by atoms with Crippen LogP contribution in [0.3, 0.4) is 0 Å². The molecule has 0 aliphatic carbocycles. The standard InChI is InChI=1S/C24H17ClN2O2/c1-13-20-12-26-10-9-18(20)14(2)23-22(13)19-11-17(7-8-21(19)27-23)29-24(28)15-3-5-16(25)6-4-15/h3-12,27H,1-2H3. The summed E-state index contributed by atoms with van der Waals surface area (Å²) in [5.74, 6) is 0.0881. The molecule has 1 N–H and O–H groups in total. The van der Waals surface area contributed by atoms with E-state index < -0.39 is 5.97 Å². The maximum Gasteiger partial charge on any atom is 0.343 e. The number of H-pyrrole nitrogens is 1. The lowest BCUT2D eigenvalue weighted by atomic mass is 9.97. The molecule has 5 aromatic rings. The Labute approximate surface area is 172 Å². The molecular formula is C24H17ClN2O2. The summed E-state index contributed by atoms with van der Waals surface area (Å²) in [7, 11) is 0. The number of halogens is 1. The number of pyridine rings is 1. The van der Waals surface area contributed by atoms with Crippen LogP contribution >= 0.6 is 11.6 Å². The molecule has 0 atom stereocenters. The quantitative estimate of drug-likeness (QED) is 0.277. The fourth-order valence-corrected chi connectivity index (χ4v) is 4.07. The molecule has 0 saturated heterocycles. The van der Waals surface area contributed by atoms with Crippen LogP contribution in [0.25, 0.3) is 32.6 Å². The van der Waals surface area contributed by atoms with Crippen LogP contribution in [-0.2, 0) is 0 Å². The van der Waals surface area contributed by atoms with Crippen LogP contribution in [0.15, 0.2) is 60.9 Å². The Bertz CT molecular complexity index is 1420. The van der Waals surface area contributed by atoms with E-state index in [0.717, 1.165) is 32.8 Å². The number of aromatic nitrogens is 2. The minimum Gasteiger partial charge on any atom is -0.423 e. The number of rotatable bonds is 2. The fraction of sp³-hybridized carbons (Fsp3) is 0.0833. The lowest BCUT2D eigenvalue weighted by Crippen LogP contribution is -2.08. The van der Waals surface area contributed by atoms with Gasteiger partial charge >= 0.3 is 5.97 Å². The maximum atomic E-state index is 12.5. The summed E-state index contributed by atoms with van der Waals surface area (Å²) in [6, 6.07) is 14.4. The monoisotopic (exact) mass is 400 g/mol. The van der Waals surface area contributed by atoms with Crippen LogP contribution in [0.5, 0.6) is 5.75 Å². The van der Waals surface area contributed by atoms with E-state index in [-0.39, 0.29) is 0 Å². The van der Waals surface area contributed by atoms with Crippen molar-refractivity contribution in [1.29, 1.82) is 0 Å². The van der Waals surface area contributed by atoms with Crippen molar-refractivity contribution in [2.24, 2.45) is 0 Å². The van der Waals surface area contributed by atoms with Crippen molar-refractivity contribution in [3.05, 3.63) is 82.6 Å². The minimum atomic E-state index is -0.414. The molecule has 0 spiro atoms. The van der Waals surface area contributed by atoms with E-state index in [4.69, 9.17) is 16.3 Å². The Morgan fingerprint density at radius 1 is 0.966 bits per heavy atom. The van der Waals surface area contributed by atoms with Crippen molar-refractivity contribution in [1.82, 2.24) is 9.97 Å². The molecule has 142 valence electrons. The van der Waals surface area contributed by atoms with Crippen molar-refractivity contribution in [3.8, 4) is 5.75 Å². The molecule has 2 heterocycles. The molecule has 0 aliphatic heterocycles. The molecule has 5 heteroatoms. The molecule has 4 nitrogen and oxygen atoms in total. The van der Waals surface area contributed by atoms with E-state index >= 15 is 0 Å². The number of esters is 1. The van der Waals surface area contributed by atoms with Crippen molar-refractivity contribution in [2.75, 3.05) is 0 Å². The van der Waals surface area contributed by atoms with Gasteiger partial charge in [0.25, 0.3) is 0 Å². The summed E-state index contributed by atoms with van der Waals surface area (Å²) in [5.41, 5.74) is 4.88. The summed E-state index contributed by atoms with van der Waals surface area (Å²) in [6.07, 6.45) is 3.72. The number of ether oxygens (including phenoxy) is 1. The molecular weight excluding hydrogens is 384 g/mol. The minimum absolute atomic E-state index is 0.414. The number of hydrogen-bond donors (Lipinski definition) is 1. The first kappa shape index (κ1) is 17.7. The average molecular weight is 401 g/mol. The van der Waals surface area contributed by atoms with E-state index in [1.165, 1.54) is 10.9 Å². The molecule has 0 saturated carbocycles. The third kappa shape index (κ3) is 2.84. The van der Waals surface area contributed by atoms with Crippen LogP contribution in [0.2, 0.25) is 5.02 Å². The smallest absolute Gasteiger partial charge is 0.343 e. The largest absolute Gasteiger partial charge is 0.423 e. The zero-order valence-electron chi connectivity index (χ0n) is 15.9. The predicted octanol–water partition coefficient (Wildman–Crippen LogP) is 6.36. The van der Waals surface area contributed by atoms with Gasteiger partial charge in [-0.2, -0.15) is 0 Å². The first-order valence-corrected chi connectivity index (χ1v) is 9.67. The summed E-state index contributed by atoms with van der Waals surface area (Å²) in [5, 5.41) is 5.04. The van der Waals surface area contributed by atoms with Crippen molar-refractivity contribution >= 4 is 50.1 Å². The summed E-state index contributed by atoms with van der Waals surface area (Å²) < 4.78 is 5.62. The van der Waals surface area contributed by atoms with Gasteiger partial charge in [-0.15, -0.1) is 0 Å². The molecule has 0 amide bonds. The molecule has 5 rings (SSSR count). The van der Waals surface area contributed by atoms with E-state index in [9.17, 15) is 4.79 Å². The predicted molar refractivity (Wildman–Crippen MR) is 117 cm³/mol. The summed E-state index contributed by atoms with van der Waals surface area (Å²) >= 11 is 5.89. The zero-order chi connectivity index (χ0) is 20.1. The van der Waals surface area contributed by atoms with Gasteiger partial charge < -0.3 is 9.72 Å². The first-order chi connectivity index (χ1) is 14.0. The Hall–Kier alpha value is -3.37. The lowest BCUT2D eigenvalue weighted by molar-refractivity contribution is 0.0735. The fourth-order valence-electron chi connectivity index (χ4n) is 3.95. The van der Waals surface area contributed by atoms with Crippen LogP contribution in [0.1, 0.15) is 21.5 Å². The summed E-state index contributed by atoms with van der Waals surface area (Å²) in [6.45, 7) is 4.21. The van der Waals surface area contributed by atoms with E-state index in [1.54, 1.807) is 30.3 Å². The molecule has 0 bridgehead atoms. The first-order valence-electron chi connectivity index (χ1n) is 9.29. The maximum absolute atomic E-state index is 12.5. The third-order valence-corrected chi connectivity index (χ3v) is 5.69. The van der Waals surface area contributed by atoms with Gasteiger partial charge in [0.15, 0.2) is 0 Å². The zero-order valence-corrected chi connectivity index (χ0v) is 16.7. The van der Waals surface area contributed by atoms with E-state index in [0.29, 0.717) is 16.3 Å². The van der Waals surface area contributed by atoms with Crippen molar-refractivity contribution in [3.63, 3.8) is 0 Å². The topological polar surface area (TPSA) is 55.0 Å². The molecule has 29 heavy (non-hydrogen) atoms. The number of nitrogens with zero attached hydrogens (tertiary/aromatic N) is 1. The van der Waals surface area contributed by atoms with Crippen molar-refractivity contribution < 1.29 is 9.53 Å². The normalized spacial score (nSPS) is 11.4. The summed E-state index contributed by atoms with van der Waals surface area (Å²) in [4.78, 5) is 20.3. The van der Waals surface area contributed by atoms with Gasteiger partial charge in [-0.25, -0.2) is 4.79 Å². The Balaban J connectivity index is 1.65. The highest BCUT2D eigenvalue weighted by Crippen LogP contribution is 2.37. The van der Waals surface area contributed by atoms with Crippen LogP contribution in [0, 0.1) is 13.8 Å². The second-order valence-electron chi connectivity index (χ2n) is 7.15. The molecule has 0 aliphatic rings. The number of aryl methyl sites for hydroxylation is 2. The molecule has 0 unspecified atom stereocenters. The SMILES string of the molecule is Cc1c2ccncc2c(C)c2c1[nH]c1ccc(OC(=O)c3ccc(Cl)cc3)cc12. The van der Waals surface area contributed by atoms with Crippen LogP contribution in [-0.4, -0.2) is 15.9 Å². The van der Waals surface area contributed by atoms with E-state index in [1.807, 2.05) is 30.6 Å². The molecule has 3 aromatic carbocycles.